The number of nitrogens with two attached hydrogens (primary N) is 1. The molecule has 3 rings (SSSR count). The second kappa shape index (κ2) is 4.58. The molecule has 0 unspecified atom stereocenters. The van der Waals surface area contributed by atoms with Crippen molar-refractivity contribution in [1.29, 1.82) is 0 Å². The van der Waals surface area contributed by atoms with E-state index in [-0.39, 0.29) is 0 Å². The van der Waals surface area contributed by atoms with Crippen LogP contribution in [-0.4, -0.2) is 19.4 Å². The van der Waals surface area contributed by atoms with E-state index in [1.807, 2.05) is 22.7 Å². The van der Waals surface area contributed by atoms with E-state index >= 15 is 0 Å². The summed E-state index contributed by atoms with van der Waals surface area (Å²) in [6.07, 6.45) is 7.04. The van der Waals surface area contributed by atoms with Gasteiger partial charge in [-0.05, 0) is 39.8 Å². The molecule has 0 saturated heterocycles. The van der Waals surface area contributed by atoms with Crippen LogP contribution in [0, 0.1) is 0 Å². The molecule has 0 saturated carbocycles. The molecular formula is C11H8BrN5S. The first-order chi connectivity index (χ1) is 8.72. The summed E-state index contributed by atoms with van der Waals surface area (Å²) in [5.74, 6) is 0.458. The molecule has 0 aliphatic rings. The van der Waals surface area contributed by atoms with Crippen molar-refractivity contribution in [2.75, 3.05) is 5.73 Å². The summed E-state index contributed by atoms with van der Waals surface area (Å²) < 4.78 is 2.79. The molecule has 0 aromatic carbocycles. The van der Waals surface area contributed by atoms with Gasteiger partial charge in [-0.3, -0.25) is 0 Å². The number of halogens is 1. The normalized spacial score (nSPS) is 10.9. The van der Waals surface area contributed by atoms with Crippen molar-refractivity contribution in [3.05, 3.63) is 41.4 Å². The van der Waals surface area contributed by atoms with Gasteiger partial charge in [0.1, 0.15) is 15.9 Å². The Hall–Kier alpha value is -1.60. The maximum Gasteiger partial charge on any atom is 0.170 e. The minimum atomic E-state index is 0.458. The van der Waals surface area contributed by atoms with Gasteiger partial charge >= 0.3 is 0 Å². The average molecular weight is 322 g/mol. The van der Waals surface area contributed by atoms with Gasteiger partial charge in [0.05, 0.1) is 6.20 Å². The molecule has 90 valence electrons. The van der Waals surface area contributed by atoms with Crippen LogP contribution in [0.2, 0.25) is 0 Å². The van der Waals surface area contributed by atoms with Crippen molar-refractivity contribution in [3.8, 4) is 0 Å². The highest BCUT2D eigenvalue weighted by Gasteiger charge is 2.08. The van der Waals surface area contributed by atoms with E-state index in [9.17, 15) is 0 Å². The molecule has 0 aliphatic carbocycles. The lowest BCUT2D eigenvalue weighted by atomic mass is 10.5. The zero-order valence-corrected chi connectivity index (χ0v) is 11.5. The van der Waals surface area contributed by atoms with Gasteiger partial charge in [-0.15, -0.1) is 0 Å². The molecule has 3 aromatic rings. The van der Waals surface area contributed by atoms with Gasteiger partial charge in [-0.2, -0.15) is 0 Å². The number of fused-ring (bicyclic) bond motifs is 1. The van der Waals surface area contributed by atoms with Crippen molar-refractivity contribution >= 4 is 39.2 Å². The van der Waals surface area contributed by atoms with Crippen molar-refractivity contribution in [2.45, 2.75) is 10.1 Å². The molecule has 0 radical (unpaired) electrons. The maximum atomic E-state index is 5.76. The fourth-order valence-corrected chi connectivity index (χ4v) is 2.59. The lowest BCUT2D eigenvalue weighted by Gasteiger charge is -2.03. The van der Waals surface area contributed by atoms with Crippen molar-refractivity contribution in [2.24, 2.45) is 0 Å². The predicted molar refractivity (Wildman–Crippen MR) is 73.5 cm³/mol. The first-order valence-corrected chi connectivity index (χ1v) is 6.72. The number of hydrogen-bond donors (Lipinski definition) is 1. The maximum absolute atomic E-state index is 5.76. The van der Waals surface area contributed by atoms with Crippen LogP contribution in [0.15, 0.2) is 51.4 Å². The number of aromatic nitrogens is 4. The third-order valence-electron chi connectivity index (χ3n) is 2.26. The van der Waals surface area contributed by atoms with Crippen LogP contribution in [0.4, 0.5) is 5.82 Å². The quantitative estimate of drug-likeness (QED) is 0.785. The number of rotatable bonds is 2. The van der Waals surface area contributed by atoms with Crippen LogP contribution in [0.25, 0.3) is 5.65 Å². The Morgan fingerprint density at radius 3 is 2.94 bits per heavy atom. The van der Waals surface area contributed by atoms with Gasteiger partial charge in [0.25, 0.3) is 0 Å². The van der Waals surface area contributed by atoms with E-state index < -0.39 is 0 Å². The third kappa shape index (κ3) is 2.19. The Morgan fingerprint density at radius 2 is 2.17 bits per heavy atom. The number of pyridine rings is 1. The van der Waals surface area contributed by atoms with Crippen LogP contribution in [0.1, 0.15) is 0 Å². The Bertz CT molecular complexity index is 694. The summed E-state index contributed by atoms with van der Waals surface area (Å²) in [6.45, 7) is 0. The smallest absolute Gasteiger partial charge is 0.170 e. The van der Waals surface area contributed by atoms with E-state index in [1.165, 1.54) is 11.8 Å². The molecule has 0 aliphatic heterocycles. The summed E-state index contributed by atoms with van der Waals surface area (Å²) in [4.78, 5) is 12.9. The van der Waals surface area contributed by atoms with Crippen LogP contribution < -0.4 is 5.73 Å². The molecule has 3 aromatic heterocycles. The summed E-state index contributed by atoms with van der Waals surface area (Å²) >= 11 is 4.79. The van der Waals surface area contributed by atoms with Crippen LogP contribution in [-0.2, 0) is 0 Å². The fraction of sp³-hybridized carbons (Fsp3) is 0. The fourth-order valence-electron chi connectivity index (χ4n) is 1.51. The van der Waals surface area contributed by atoms with E-state index in [1.54, 1.807) is 18.6 Å². The highest BCUT2D eigenvalue weighted by molar-refractivity contribution is 9.10. The second-order valence-corrected chi connectivity index (χ2v) is 5.47. The molecule has 2 N–H and O–H groups in total. The molecule has 0 spiro atoms. The van der Waals surface area contributed by atoms with Crippen molar-refractivity contribution < 1.29 is 0 Å². The summed E-state index contributed by atoms with van der Waals surface area (Å²) in [5.41, 5.74) is 6.54. The van der Waals surface area contributed by atoms with Crippen molar-refractivity contribution in [1.82, 2.24) is 19.4 Å². The van der Waals surface area contributed by atoms with Gasteiger partial charge in [-0.25, -0.2) is 15.0 Å². The lowest BCUT2D eigenvalue weighted by Crippen LogP contribution is -1.97. The largest absolute Gasteiger partial charge is 0.382 e. The van der Waals surface area contributed by atoms with Gasteiger partial charge in [-0.1, -0.05) is 0 Å². The third-order valence-corrected chi connectivity index (χ3v) is 3.65. The Labute approximate surface area is 116 Å². The molecule has 5 nitrogen and oxygen atoms in total. The van der Waals surface area contributed by atoms with Gasteiger partial charge < -0.3 is 10.1 Å². The highest BCUT2D eigenvalue weighted by atomic mass is 79.9. The van der Waals surface area contributed by atoms with Crippen LogP contribution in [0.5, 0.6) is 0 Å². The molecule has 0 amide bonds. The molecule has 0 fully saturated rings. The average Bonchev–Trinajstić information content (AvgIpc) is 2.80. The SMILES string of the molecule is Nc1cn2ccnc2c(Sc2ccc(Br)cn2)n1. The summed E-state index contributed by atoms with van der Waals surface area (Å²) in [5, 5.41) is 1.59. The first-order valence-electron chi connectivity index (χ1n) is 5.11. The van der Waals surface area contributed by atoms with Crippen molar-refractivity contribution in [3.63, 3.8) is 0 Å². The van der Waals surface area contributed by atoms with Gasteiger partial charge in [0, 0.05) is 23.1 Å². The topological polar surface area (TPSA) is 69.1 Å². The van der Waals surface area contributed by atoms with E-state index in [0.29, 0.717) is 5.82 Å². The molecule has 0 atom stereocenters. The Balaban J connectivity index is 2.03. The van der Waals surface area contributed by atoms with Gasteiger partial charge in [0.15, 0.2) is 5.65 Å². The van der Waals surface area contributed by atoms with E-state index in [4.69, 9.17) is 5.73 Å². The summed E-state index contributed by atoms with van der Waals surface area (Å²) in [6, 6.07) is 3.85. The van der Waals surface area contributed by atoms with Crippen LogP contribution >= 0.6 is 27.7 Å². The lowest BCUT2D eigenvalue weighted by molar-refractivity contribution is 1.03. The number of hydrogen-bond acceptors (Lipinski definition) is 5. The number of nitrogens with zero attached hydrogens (tertiary/aromatic N) is 4. The standard InChI is InChI=1S/C11H8BrN5S/c12-7-1-2-9(15-5-7)18-11-10-14-3-4-17(10)6-8(13)16-11/h1-6H,13H2. The monoisotopic (exact) mass is 321 g/mol. The van der Waals surface area contributed by atoms with E-state index in [0.717, 1.165) is 20.2 Å². The molecular weight excluding hydrogens is 314 g/mol. The first kappa shape index (κ1) is 11.5. The number of nitrogen functional groups attached to an aromatic ring is 1. The summed E-state index contributed by atoms with van der Waals surface area (Å²) in [7, 11) is 0. The van der Waals surface area contributed by atoms with Crippen LogP contribution in [0.3, 0.4) is 0 Å². The second-order valence-electron chi connectivity index (χ2n) is 3.55. The molecule has 3 heterocycles. The zero-order valence-electron chi connectivity index (χ0n) is 9.12. The Kier molecular flexibility index (Phi) is 2.92. The number of imidazole rings is 1. The van der Waals surface area contributed by atoms with E-state index in [2.05, 4.69) is 30.9 Å². The number of anilines is 1. The molecule has 18 heavy (non-hydrogen) atoms. The zero-order chi connectivity index (χ0) is 12.5. The molecule has 7 heteroatoms. The minimum Gasteiger partial charge on any atom is -0.382 e. The van der Waals surface area contributed by atoms with Gasteiger partial charge in [0.2, 0.25) is 0 Å². The highest BCUT2D eigenvalue weighted by Crippen LogP contribution is 2.28. The minimum absolute atomic E-state index is 0.458. The Morgan fingerprint density at radius 1 is 1.28 bits per heavy atom. The molecule has 0 bridgehead atoms. The predicted octanol–water partition coefficient (Wildman–Crippen LogP) is 2.62.